The van der Waals surface area contributed by atoms with Gasteiger partial charge in [-0.2, -0.15) is 0 Å². The number of para-hydroxylation sites is 1. The summed E-state index contributed by atoms with van der Waals surface area (Å²) in [6, 6.07) is 36.4. The summed E-state index contributed by atoms with van der Waals surface area (Å²) in [4.78, 5) is 0. The summed E-state index contributed by atoms with van der Waals surface area (Å²) in [5.41, 5.74) is 15.8. The van der Waals surface area contributed by atoms with Crippen LogP contribution >= 0.6 is 0 Å². The van der Waals surface area contributed by atoms with Gasteiger partial charge in [0.05, 0.1) is 6.17 Å². The minimum absolute atomic E-state index is 0.0219. The number of nitrogens with one attached hydrogen (secondary N) is 2. The number of benzene rings is 4. The van der Waals surface area contributed by atoms with Crippen molar-refractivity contribution in [3.05, 3.63) is 171 Å². The molecular formula is C50H48N2O2. The second-order valence-electron chi connectivity index (χ2n) is 17.0. The van der Waals surface area contributed by atoms with E-state index >= 15 is 0 Å². The number of ether oxygens (including phenoxy) is 1. The minimum Gasteiger partial charge on any atom is -0.489 e. The predicted octanol–water partition coefficient (Wildman–Crippen LogP) is 11.4. The first kappa shape index (κ1) is 32.5. The van der Waals surface area contributed by atoms with Crippen molar-refractivity contribution in [2.24, 2.45) is 11.8 Å². The lowest BCUT2D eigenvalue weighted by molar-refractivity contribution is 0.111. The first-order chi connectivity index (χ1) is 26.4. The highest BCUT2D eigenvalue weighted by Gasteiger charge is 2.45. The number of rotatable bonds is 4. The fraction of sp³-hybridized carbons (Fsp3) is 0.320. The highest BCUT2D eigenvalue weighted by Crippen LogP contribution is 2.55. The molecule has 5 aromatic rings. The Kier molecular flexibility index (Phi) is 7.41. The molecular weight excluding hydrogens is 661 g/mol. The van der Waals surface area contributed by atoms with Crippen LogP contribution in [0.15, 0.2) is 142 Å². The fourth-order valence-electron chi connectivity index (χ4n) is 11.0. The number of furan rings is 1. The molecule has 4 nitrogen and oxygen atoms in total. The average Bonchev–Trinajstić information content (AvgIpc) is 3.86. The van der Waals surface area contributed by atoms with Crippen LogP contribution in [0.3, 0.4) is 0 Å². The first-order valence-corrected chi connectivity index (χ1v) is 20.3. The maximum Gasteiger partial charge on any atom is 0.139 e. The largest absolute Gasteiger partial charge is 0.489 e. The summed E-state index contributed by atoms with van der Waals surface area (Å²) in [5, 5.41) is 9.49. The molecule has 11 rings (SSSR count). The van der Waals surface area contributed by atoms with Gasteiger partial charge in [0, 0.05) is 45.5 Å². The van der Waals surface area contributed by atoms with Crippen molar-refractivity contribution >= 4 is 16.5 Å². The standard InChI is InChI=1S/C50H48N2O2/c1-29-45(30-13-5-4-6-14-30)51-49(38-20-12-19-36-34-17-7-9-21-42(34)53-47(36)38)52-46(29)33-16-11-15-31(27-33)32-23-25-40-39(28-32)44-41(50(40,2)3)26-24-37-35-18-8-10-22-43(35)54-48(37)44/h4-8,10-11,13-18,20,22-23,25,27-29,34,42,45-46,49,51-52H,9,12,19,21,24,26H2,1-3H3. The van der Waals surface area contributed by atoms with E-state index < -0.39 is 0 Å². The molecule has 6 aliphatic rings. The normalized spacial score (nSPS) is 27.9. The van der Waals surface area contributed by atoms with E-state index in [0.29, 0.717) is 11.8 Å². The van der Waals surface area contributed by atoms with Gasteiger partial charge in [0.25, 0.3) is 0 Å². The Balaban J connectivity index is 0.970. The van der Waals surface area contributed by atoms with Crippen molar-refractivity contribution < 1.29 is 9.15 Å². The quantitative estimate of drug-likeness (QED) is 0.183. The monoisotopic (exact) mass is 708 g/mol. The van der Waals surface area contributed by atoms with Gasteiger partial charge in [-0.3, -0.25) is 10.6 Å². The number of hydrogen-bond acceptors (Lipinski definition) is 4. The molecule has 0 spiro atoms. The van der Waals surface area contributed by atoms with Crippen LogP contribution in [0.4, 0.5) is 0 Å². The third-order valence-electron chi connectivity index (χ3n) is 13.7. The van der Waals surface area contributed by atoms with Crippen LogP contribution in [-0.4, -0.2) is 12.3 Å². The first-order valence-electron chi connectivity index (χ1n) is 20.3. The van der Waals surface area contributed by atoms with E-state index in [1.807, 2.05) is 0 Å². The molecule has 2 N–H and O–H groups in total. The number of allylic oxidation sites excluding steroid dienone is 3. The van der Waals surface area contributed by atoms with Crippen molar-refractivity contribution in [1.82, 2.24) is 10.6 Å². The second-order valence-corrected chi connectivity index (χ2v) is 17.0. The molecule has 1 saturated heterocycles. The summed E-state index contributed by atoms with van der Waals surface area (Å²) >= 11 is 0. The lowest BCUT2D eigenvalue weighted by Gasteiger charge is -2.44. The summed E-state index contributed by atoms with van der Waals surface area (Å²) in [5.74, 6) is 2.95. The Morgan fingerprint density at radius 2 is 1.56 bits per heavy atom. The Hall–Kier alpha value is -4.90. The zero-order valence-electron chi connectivity index (χ0n) is 31.5. The molecule has 1 aromatic heterocycles. The van der Waals surface area contributed by atoms with E-state index in [-0.39, 0.29) is 29.8 Å². The molecule has 54 heavy (non-hydrogen) atoms. The Morgan fingerprint density at radius 3 is 2.44 bits per heavy atom. The summed E-state index contributed by atoms with van der Waals surface area (Å²) < 4.78 is 13.5. The predicted molar refractivity (Wildman–Crippen MR) is 218 cm³/mol. The van der Waals surface area contributed by atoms with Crippen LogP contribution in [0.5, 0.6) is 0 Å². The summed E-state index contributed by atoms with van der Waals surface area (Å²) in [7, 11) is 0. The molecule has 0 bridgehead atoms. The Labute approximate surface area is 318 Å². The second kappa shape index (κ2) is 12.3. The van der Waals surface area contributed by atoms with Gasteiger partial charge in [-0.05, 0) is 107 Å². The summed E-state index contributed by atoms with van der Waals surface area (Å²) in [6.07, 6.45) is 13.9. The third kappa shape index (κ3) is 4.89. The van der Waals surface area contributed by atoms with Gasteiger partial charge in [-0.15, -0.1) is 0 Å². The molecule has 4 heteroatoms. The van der Waals surface area contributed by atoms with Gasteiger partial charge in [-0.25, -0.2) is 0 Å². The smallest absolute Gasteiger partial charge is 0.139 e. The molecule has 0 radical (unpaired) electrons. The molecule has 3 heterocycles. The number of aryl methyl sites for hydroxylation is 1. The van der Waals surface area contributed by atoms with Gasteiger partial charge in [0.1, 0.15) is 23.2 Å². The highest BCUT2D eigenvalue weighted by molar-refractivity contribution is 5.97. The van der Waals surface area contributed by atoms with Crippen molar-refractivity contribution in [3.8, 4) is 11.1 Å². The molecule has 4 aromatic carbocycles. The van der Waals surface area contributed by atoms with Gasteiger partial charge in [-0.1, -0.05) is 118 Å². The molecule has 0 amide bonds. The Bertz CT molecular complexity index is 2460. The van der Waals surface area contributed by atoms with Crippen LogP contribution in [0, 0.1) is 11.8 Å². The Morgan fingerprint density at radius 1 is 0.759 bits per heavy atom. The van der Waals surface area contributed by atoms with Gasteiger partial charge in [0.15, 0.2) is 0 Å². The maximum atomic E-state index is 6.82. The lowest BCUT2D eigenvalue weighted by atomic mass is 9.77. The lowest BCUT2D eigenvalue weighted by Crippen LogP contribution is -2.56. The van der Waals surface area contributed by atoms with Gasteiger partial charge >= 0.3 is 0 Å². The molecule has 0 saturated carbocycles. The molecule has 6 atom stereocenters. The molecule has 270 valence electrons. The third-order valence-corrected chi connectivity index (χ3v) is 13.7. The molecule has 2 aliphatic heterocycles. The number of fused-ring (bicyclic) bond motifs is 8. The van der Waals surface area contributed by atoms with Crippen LogP contribution in [-0.2, 0) is 16.6 Å². The highest BCUT2D eigenvalue weighted by atomic mass is 16.5. The maximum absolute atomic E-state index is 6.82. The zero-order valence-corrected chi connectivity index (χ0v) is 31.5. The fourth-order valence-corrected chi connectivity index (χ4v) is 11.0. The molecule has 6 unspecified atom stereocenters. The van der Waals surface area contributed by atoms with E-state index in [1.165, 1.54) is 66.6 Å². The van der Waals surface area contributed by atoms with E-state index in [0.717, 1.165) is 55.6 Å². The van der Waals surface area contributed by atoms with E-state index in [1.54, 1.807) is 0 Å². The van der Waals surface area contributed by atoms with Crippen molar-refractivity contribution in [2.45, 2.75) is 89.1 Å². The van der Waals surface area contributed by atoms with Crippen LogP contribution in [0.25, 0.3) is 27.7 Å². The van der Waals surface area contributed by atoms with Gasteiger partial charge in [0.2, 0.25) is 0 Å². The number of hydrogen-bond donors (Lipinski definition) is 2. The van der Waals surface area contributed by atoms with Crippen LogP contribution < -0.4 is 10.6 Å². The SMILES string of the molecule is CC1C(c2ccccc2)NC(C2=CCCC3=C2OC2CCC=CC32)NC1c1cccc(-c2ccc3c(c2)C2=C(CCc4c2oc2ccccc42)C3(C)C)c1. The minimum atomic E-state index is -0.0299. The topological polar surface area (TPSA) is 46.4 Å². The van der Waals surface area contributed by atoms with Crippen LogP contribution in [0.2, 0.25) is 0 Å². The van der Waals surface area contributed by atoms with Crippen molar-refractivity contribution in [1.29, 1.82) is 0 Å². The molecule has 4 aliphatic carbocycles. The van der Waals surface area contributed by atoms with Crippen LogP contribution in [0.1, 0.15) is 98.5 Å². The van der Waals surface area contributed by atoms with E-state index in [2.05, 4.69) is 147 Å². The van der Waals surface area contributed by atoms with Crippen molar-refractivity contribution in [2.75, 3.05) is 0 Å². The van der Waals surface area contributed by atoms with Crippen molar-refractivity contribution in [3.63, 3.8) is 0 Å². The summed E-state index contributed by atoms with van der Waals surface area (Å²) in [6.45, 7) is 7.19. The van der Waals surface area contributed by atoms with E-state index in [9.17, 15) is 0 Å². The zero-order chi connectivity index (χ0) is 36.1. The van der Waals surface area contributed by atoms with Gasteiger partial charge < -0.3 is 9.15 Å². The van der Waals surface area contributed by atoms with E-state index in [4.69, 9.17) is 9.15 Å². The molecule has 1 fully saturated rings. The average molecular weight is 709 g/mol.